The molecule has 3 rings (SSSR count). The molecule has 0 spiro atoms. The first-order chi connectivity index (χ1) is 9.31. The van der Waals surface area contributed by atoms with Gasteiger partial charge in [-0.2, -0.15) is 0 Å². The van der Waals surface area contributed by atoms with E-state index in [4.69, 9.17) is 4.74 Å². The number of hydrogen-bond donors (Lipinski definition) is 1. The maximum absolute atomic E-state index is 6.07. The lowest BCUT2D eigenvalue weighted by Gasteiger charge is -2.15. The second-order valence-corrected chi connectivity index (χ2v) is 6.78. The Bertz CT molecular complexity index is 425. The topological polar surface area (TPSA) is 21.3 Å². The average Bonchev–Trinajstić information content (AvgIpc) is 3.10. The van der Waals surface area contributed by atoms with Gasteiger partial charge in [0.1, 0.15) is 5.75 Å². The summed E-state index contributed by atoms with van der Waals surface area (Å²) < 4.78 is 7.20. The van der Waals surface area contributed by atoms with Crippen molar-refractivity contribution in [3.63, 3.8) is 0 Å². The average molecular weight is 324 g/mol. The third-order valence-electron chi connectivity index (χ3n) is 4.13. The number of ether oxygens (including phenoxy) is 1. The molecule has 0 bridgehead atoms. The summed E-state index contributed by atoms with van der Waals surface area (Å²) in [5.74, 6) is 1.83. The quantitative estimate of drug-likeness (QED) is 0.844. The lowest BCUT2D eigenvalue weighted by atomic mass is 10.1. The molecule has 0 aliphatic heterocycles. The van der Waals surface area contributed by atoms with Crippen molar-refractivity contribution in [2.75, 3.05) is 6.61 Å². The second kappa shape index (κ2) is 6.27. The summed E-state index contributed by atoms with van der Waals surface area (Å²) in [7, 11) is 0. The maximum atomic E-state index is 6.07. The third-order valence-corrected chi connectivity index (χ3v) is 4.62. The number of rotatable bonds is 6. The zero-order chi connectivity index (χ0) is 13.1. The molecular formula is C16H22BrNO. The van der Waals surface area contributed by atoms with Crippen LogP contribution in [-0.4, -0.2) is 12.6 Å². The molecule has 0 heterocycles. The van der Waals surface area contributed by atoms with Crippen molar-refractivity contribution in [2.24, 2.45) is 5.92 Å². The fraction of sp³-hybridized carbons (Fsp3) is 0.625. The number of halogens is 1. The Morgan fingerprint density at radius 2 is 1.95 bits per heavy atom. The predicted octanol–water partition coefficient (Wildman–Crippen LogP) is 4.27. The summed E-state index contributed by atoms with van der Waals surface area (Å²) in [6.07, 6.45) is 8.09. The van der Waals surface area contributed by atoms with Crippen molar-refractivity contribution in [1.29, 1.82) is 0 Å². The normalized spacial score (nSPS) is 19.8. The predicted molar refractivity (Wildman–Crippen MR) is 81.5 cm³/mol. The summed E-state index contributed by atoms with van der Waals surface area (Å²) >= 11 is 3.55. The largest absolute Gasteiger partial charge is 0.493 e. The standard InChI is InChI=1S/C16H22BrNO/c17-14-5-8-16(19-11-12-3-1-2-4-12)13(9-14)10-18-15-6-7-15/h5,8-9,12,15,18H,1-4,6-7,10-11H2. The van der Waals surface area contributed by atoms with Crippen LogP contribution in [0.1, 0.15) is 44.1 Å². The van der Waals surface area contributed by atoms with Crippen LogP contribution >= 0.6 is 15.9 Å². The number of nitrogens with one attached hydrogen (secondary N) is 1. The first-order valence-corrected chi connectivity index (χ1v) is 8.25. The van der Waals surface area contributed by atoms with Crippen LogP contribution in [0.5, 0.6) is 5.75 Å². The van der Waals surface area contributed by atoms with Crippen LogP contribution in [0.15, 0.2) is 22.7 Å². The molecule has 1 aromatic carbocycles. The Morgan fingerprint density at radius 1 is 1.16 bits per heavy atom. The zero-order valence-electron chi connectivity index (χ0n) is 11.3. The molecule has 1 N–H and O–H groups in total. The van der Waals surface area contributed by atoms with E-state index in [1.165, 1.54) is 44.1 Å². The van der Waals surface area contributed by atoms with Gasteiger partial charge in [0, 0.05) is 22.6 Å². The zero-order valence-corrected chi connectivity index (χ0v) is 12.9. The molecule has 1 aromatic rings. The van der Waals surface area contributed by atoms with E-state index in [9.17, 15) is 0 Å². The fourth-order valence-corrected chi connectivity index (χ4v) is 3.16. The van der Waals surface area contributed by atoms with Crippen LogP contribution in [-0.2, 0) is 6.54 Å². The van der Waals surface area contributed by atoms with Crippen LogP contribution < -0.4 is 10.1 Å². The Balaban J connectivity index is 1.60. The van der Waals surface area contributed by atoms with Crippen molar-refractivity contribution >= 4 is 15.9 Å². The molecule has 2 nitrogen and oxygen atoms in total. The Labute approximate surface area is 124 Å². The first kappa shape index (κ1) is 13.4. The molecule has 2 aliphatic rings. The molecule has 0 aromatic heterocycles. The van der Waals surface area contributed by atoms with Crippen LogP contribution in [0.2, 0.25) is 0 Å². The van der Waals surface area contributed by atoms with Gasteiger partial charge in [-0.15, -0.1) is 0 Å². The molecular weight excluding hydrogens is 302 g/mol. The Kier molecular flexibility index (Phi) is 4.44. The van der Waals surface area contributed by atoms with Crippen molar-refractivity contribution in [2.45, 2.75) is 51.1 Å². The van der Waals surface area contributed by atoms with Crippen molar-refractivity contribution in [1.82, 2.24) is 5.32 Å². The molecule has 104 valence electrons. The minimum Gasteiger partial charge on any atom is -0.493 e. The molecule has 0 atom stereocenters. The van der Waals surface area contributed by atoms with E-state index < -0.39 is 0 Å². The SMILES string of the molecule is Brc1ccc(OCC2CCCC2)c(CNC2CC2)c1. The summed E-state index contributed by atoms with van der Waals surface area (Å²) in [6, 6.07) is 7.09. The highest BCUT2D eigenvalue weighted by Gasteiger charge is 2.21. The molecule has 0 amide bonds. The van der Waals surface area contributed by atoms with Gasteiger partial charge in [0.15, 0.2) is 0 Å². The monoisotopic (exact) mass is 323 g/mol. The highest BCUT2D eigenvalue weighted by Crippen LogP contribution is 2.29. The first-order valence-electron chi connectivity index (χ1n) is 7.46. The minimum absolute atomic E-state index is 0.738. The van der Waals surface area contributed by atoms with Gasteiger partial charge < -0.3 is 10.1 Å². The van der Waals surface area contributed by atoms with Crippen LogP contribution in [0.25, 0.3) is 0 Å². The third kappa shape index (κ3) is 3.96. The van der Waals surface area contributed by atoms with Gasteiger partial charge in [0.05, 0.1) is 6.61 Å². The van der Waals surface area contributed by atoms with E-state index in [1.807, 2.05) is 0 Å². The van der Waals surface area contributed by atoms with Gasteiger partial charge in [0.2, 0.25) is 0 Å². The molecule has 3 heteroatoms. The van der Waals surface area contributed by atoms with Crippen LogP contribution in [0, 0.1) is 5.92 Å². The van der Waals surface area contributed by atoms with E-state index in [0.29, 0.717) is 0 Å². The molecule has 0 saturated heterocycles. The van der Waals surface area contributed by atoms with Gasteiger partial charge in [-0.1, -0.05) is 28.8 Å². The molecule has 0 radical (unpaired) electrons. The Hall–Kier alpha value is -0.540. The Morgan fingerprint density at radius 3 is 2.68 bits per heavy atom. The van der Waals surface area contributed by atoms with E-state index in [-0.39, 0.29) is 0 Å². The van der Waals surface area contributed by atoms with Gasteiger partial charge in [-0.25, -0.2) is 0 Å². The smallest absolute Gasteiger partial charge is 0.123 e. The molecule has 2 aliphatic carbocycles. The number of hydrogen-bond acceptors (Lipinski definition) is 2. The van der Waals surface area contributed by atoms with E-state index >= 15 is 0 Å². The van der Waals surface area contributed by atoms with E-state index in [1.54, 1.807) is 0 Å². The second-order valence-electron chi connectivity index (χ2n) is 5.87. The van der Waals surface area contributed by atoms with Crippen molar-refractivity contribution in [3.05, 3.63) is 28.2 Å². The highest BCUT2D eigenvalue weighted by molar-refractivity contribution is 9.10. The van der Waals surface area contributed by atoms with E-state index in [2.05, 4.69) is 39.4 Å². The number of benzene rings is 1. The summed E-state index contributed by atoms with van der Waals surface area (Å²) in [5, 5.41) is 3.57. The van der Waals surface area contributed by atoms with Crippen molar-refractivity contribution < 1.29 is 4.74 Å². The maximum Gasteiger partial charge on any atom is 0.123 e. The van der Waals surface area contributed by atoms with E-state index in [0.717, 1.165) is 35.3 Å². The lowest BCUT2D eigenvalue weighted by molar-refractivity contribution is 0.249. The summed E-state index contributed by atoms with van der Waals surface area (Å²) in [5.41, 5.74) is 1.28. The van der Waals surface area contributed by atoms with Crippen LogP contribution in [0.3, 0.4) is 0 Å². The summed E-state index contributed by atoms with van der Waals surface area (Å²) in [6.45, 7) is 1.81. The fourth-order valence-electron chi connectivity index (χ4n) is 2.75. The van der Waals surface area contributed by atoms with Gasteiger partial charge in [0.25, 0.3) is 0 Å². The minimum atomic E-state index is 0.738. The molecule has 2 fully saturated rings. The molecule has 0 unspecified atom stereocenters. The van der Waals surface area contributed by atoms with Gasteiger partial charge in [-0.3, -0.25) is 0 Å². The highest BCUT2D eigenvalue weighted by atomic mass is 79.9. The van der Waals surface area contributed by atoms with Crippen molar-refractivity contribution in [3.8, 4) is 5.75 Å². The van der Waals surface area contributed by atoms with Gasteiger partial charge in [-0.05, 0) is 49.8 Å². The summed E-state index contributed by atoms with van der Waals surface area (Å²) in [4.78, 5) is 0. The molecule has 19 heavy (non-hydrogen) atoms. The lowest BCUT2D eigenvalue weighted by Crippen LogP contribution is -2.17. The van der Waals surface area contributed by atoms with Crippen LogP contribution in [0.4, 0.5) is 0 Å². The molecule has 2 saturated carbocycles. The van der Waals surface area contributed by atoms with Gasteiger partial charge >= 0.3 is 0 Å².